The number of ether oxygens (including phenoxy) is 2. The molecule has 0 saturated carbocycles. The van der Waals surface area contributed by atoms with Gasteiger partial charge in [0.25, 0.3) is 5.91 Å². The molecule has 1 aliphatic rings. The number of methoxy groups -OCH3 is 1. The van der Waals surface area contributed by atoms with E-state index in [4.69, 9.17) is 13.9 Å². The van der Waals surface area contributed by atoms with Crippen LogP contribution >= 0.6 is 11.8 Å². The first-order valence-corrected chi connectivity index (χ1v) is 9.57. The number of fused-ring (bicyclic) bond motifs is 1. The van der Waals surface area contributed by atoms with Crippen molar-refractivity contribution in [2.45, 2.75) is 37.7 Å². The summed E-state index contributed by atoms with van der Waals surface area (Å²) in [5.41, 5.74) is 0.551. The van der Waals surface area contributed by atoms with Crippen molar-refractivity contribution in [1.82, 2.24) is 5.32 Å². The molecule has 6 heteroatoms. The maximum Gasteiger partial charge on any atom is 0.287 e. The fraction of sp³-hybridized carbons (Fsp3) is 0.421. The summed E-state index contributed by atoms with van der Waals surface area (Å²) in [5.74, 6) is 3.16. The average Bonchev–Trinajstić information content (AvgIpc) is 3.03. The number of benzene rings is 1. The summed E-state index contributed by atoms with van der Waals surface area (Å²) in [6.07, 6.45) is 2.66. The van der Waals surface area contributed by atoms with Gasteiger partial charge >= 0.3 is 0 Å². The summed E-state index contributed by atoms with van der Waals surface area (Å²) in [6.45, 7) is 4.03. The molecule has 3 rings (SSSR count). The van der Waals surface area contributed by atoms with Gasteiger partial charge in [0.05, 0.1) is 18.9 Å². The number of hydrogen-bond acceptors (Lipinski definition) is 5. The van der Waals surface area contributed by atoms with Crippen LogP contribution in [0.1, 0.15) is 48.2 Å². The van der Waals surface area contributed by atoms with Crippen LogP contribution in [0.5, 0.6) is 11.5 Å². The lowest BCUT2D eigenvalue weighted by molar-refractivity contribution is 0.0609. The molecule has 1 aliphatic heterocycles. The zero-order chi connectivity index (χ0) is 18.0. The Balaban J connectivity index is 1.84. The van der Waals surface area contributed by atoms with Crippen LogP contribution in [0.3, 0.4) is 0 Å². The van der Waals surface area contributed by atoms with E-state index in [0.717, 1.165) is 28.6 Å². The minimum atomic E-state index is -0.368. The van der Waals surface area contributed by atoms with Gasteiger partial charge in [0.1, 0.15) is 22.9 Å². The topological polar surface area (TPSA) is 60.7 Å². The van der Waals surface area contributed by atoms with E-state index in [9.17, 15) is 4.79 Å². The summed E-state index contributed by atoms with van der Waals surface area (Å²) < 4.78 is 17.0. The molecule has 1 aromatic heterocycles. The van der Waals surface area contributed by atoms with Gasteiger partial charge in [-0.05, 0) is 50.4 Å². The third-order valence-corrected chi connectivity index (χ3v) is 4.72. The Morgan fingerprint density at radius 3 is 2.88 bits per heavy atom. The van der Waals surface area contributed by atoms with Crippen LogP contribution in [0.2, 0.25) is 0 Å². The number of nitrogens with one attached hydrogen (secondary N) is 1. The van der Waals surface area contributed by atoms with E-state index in [1.165, 1.54) is 0 Å². The van der Waals surface area contributed by atoms with Crippen molar-refractivity contribution in [2.24, 2.45) is 0 Å². The number of amides is 1. The van der Waals surface area contributed by atoms with Crippen molar-refractivity contribution in [1.29, 1.82) is 0 Å². The molecular weight excluding hydrogens is 338 g/mol. The van der Waals surface area contributed by atoms with E-state index in [-0.39, 0.29) is 17.6 Å². The Morgan fingerprint density at radius 2 is 2.16 bits per heavy atom. The van der Waals surface area contributed by atoms with Gasteiger partial charge in [0.2, 0.25) is 0 Å². The Kier molecular flexibility index (Phi) is 4.99. The summed E-state index contributed by atoms with van der Waals surface area (Å²) in [4.78, 5) is 12.6. The van der Waals surface area contributed by atoms with Crippen LogP contribution in [-0.4, -0.2) is 24.9 Å². The number of carbonyl (C=O) groups excluding carboxylic acids is 1. The van der Waals surface area contributed by atoms with Gasteiger partial charge in [-0.25, -0.2) is 0 Å². The minimum Gasteiger partial charge on any atom is -0.497 e. The molecule has 2 aromatic rings. The number of furan rings is 1. The second-order valence-corrected chi connectivity index (χ2v) is 7.56. The molecule has 0 aliphatic carbocycles. The van der Waals surface area contributed by atoms with Crippen LogP contribution < -0.4 is 14.8 Å². The smallest absolute Gasteiger partial charge is 0.287 e. The minimum absolute atomic E-state index is 0.171. The number of thioether (sulfide) groups is 1. The monoisotopic (exact) mass is 361 g/mol. The largest absolute Gasteiger partial charge is 0.497 e. The second kappa shape index (κ2) is 7.04. The Bertz CT molecular complexity index is 769. The normalized spacial score (nSPS) is 18.2. The SMILES string of the molecule is COc1ccc2c(c1)[C@@H](NC(=O)c1ccc(CSC)o1)CC(C)(C)O2. The van der Waals surface area contributed by atoms with E-state index in [1.807, 2.05) is 44.4 Å². The van der Waals surface area contributed by atoms with Crippen molar-refractivity contribution >= 4 is 17.7 Å². The van der Waals surface area contributed by atoms with Crippen molar-refractivity contribution < 1.29 is 18.7 Å². The first-order chi connectivity index (χ1) is 11.9. The van der Waals surface area contributed by atoms with Crippen LogP contribution in [0.4, 0.5) is 0 Å². The lowest BCUT2D eigenvalue weighted by Gasteiger charge is -2.37. The molecule has 0 radical (unpaired) electrons. The number of carbonyl (C=O) groups is 1. The molecule has 0 spiro atoms. The van der Waals surface area contributed by atoms with E-state index >= 15 is 0 Å². The lowest BCUT2D eigenvalue weighted by Crippen LogP contribution is -2.41. The highest BCUT2D eigenvalue weighted by Gasteiger charge is 2.35. The van der Waals surface area contributed by atoms with Gasteiger partial charge in [0.15, 0.2) is 5.76 Å². The van der Waals surface area contributed by atoms with Crippen LogP contribution in [0.15, 0.2) is 34.7 Å². The molecule has 5 nitrogen and oxygen atoms in total. The van der Waals surface area contributed by atoms with Gasteiger partial charge in [-0.2, -0.15) is 11.8 Å². The highest BCUT2D eigenvalue weighted by molar-refractivity contribution is 7.97. The van der Waals surface area contributed by atoms with Gasteiger partial charge in [0, 0.05) is 12.0 Å². The van der Waals surface area contributed by atoms with Gasteiger partial charge in [-0.15, -0.1) is 0 Å². The fourth-order valence-corrected chi connectivity index (χ4v) is 3.48. The van der Waals surface area contributed by atoms with E-state index in [1.54, 1.807) is 24.9 Å². The summed E-state index contributed by atoms with van der Waals surface area (Å²) in [7, 11) is 1.62. The molecule has 1 aromatic carbocycles. The van der Waals surface area contributed by atoms with Crippen LogP contribution in [-0.2, 0) is 5.75 Å². The molecule has 0 bridgehead atoms. The molecule has 134 valence electrons. The molecule has 2 heterocycles. The number of rotatable bonds is 5. The van der Waals surface area contributed by atoms with Crippen molar-refractivity contribution in [3.63, 3.8) is 0 Å². The molecule has 1 amide bonds. The standard InChI is InChI=1S/C19H23NO4S/c1-19(2)10-15(14-9-12(22-3)5-7-16(14)24-19)20-18(21)17-8-6-13(23-17)11-25-4/h5-9,15H,10-11H2,1-4H3,(H,20,21)/t15-/m0/s1. The highest BCUT2D eigenvalue weighted by atomic mass is 32.2. The zero-order valence-electron chi connectivity index (χ0n) is 14.9. The summed E-state index contributed by atoms with van der Waals surface area (Å²) >= 11 is 1.65. The average molecular weight is 361 g/mol. The maximum absolute atomic E-state index is 12.6. The molecular formula is C19H23NO4S. The zero-order valence-corrected chi connectivity index (χ0v) is 15.7. The van der Waals surface area contributed by atoms with Gasteiger partial charge in [-0.1, -0.05) is 0 Å². The fourth-order valence-electron chi connectivity index (χ4n) is 3.04. The third kappa shape index (κ3) is 3.95. The first-order valence-electron chi connectivity index (χ1n) is 8.17. The van der Waals surface area contributed by atoms with Crippen molar-refractivity contribution in [3.05, 3.63) is 47.4 Å². The van der Waals surface area contributed by atoms with E-state index < -0.39 is 0 Å². The summed E-state index contributed by atoms with van der Waals surface area (Å²) in [6, 6.07) is 9.05. The van der Waals surface area contributed by atoms with Gasteiger partial charge < -0.3 is 19.2 Å². The third-order valence-electron chi connectivity index (χ3n) is 4.15. The second-order valence-electron chi connectivity index (χ2n) is 6.69. The quantitative estimate of drug-likeness (QED) is 0.865. The highest BCUT2D eigenvalue weighted by Crippen LogP contribution is 2.41. The number of hydrogen-bond donors (Lipinski definition) is 1. The summed E-state index contributed by atoms with van der Waals surface area (Å²) in [5, 5.41) is 3.08. The van der Waals surface area contributed by atoms with Crippen LogP contribution in [0.25, 0.3) is 0 Å². The molecule has 0 fully saturated rings. The molecule has 25 heavy (non-hydrogen) atoms. The maximum atomic E-state index is 12.6. The Hall–Kier alpha value is -2.08. The van der Waals surface area contributed by atoms with E-state index in [0.29, 0.717) is 12.2 Å². The lowest BCUT2D eigenvalue weighted by atomic mass is 9.89. The first kappa shape index (κ1) is 17.7. The molecule has 1 N–H and O–H groups in total. The molecule has 1 atom stereocenters. The van der Waals surface area contributed by atoms with E-state index in [2.05, 4.69) is 5.32 Å². The van der Waals surface area contributed by atoms with Gasteiger partial charge in [-0.3, -0.25) is 4.79 Å². The predicted molar refractivity (Wildman–Crippen MR) is 98.5 cm³/mol. The molecule has 0 unspecified atom stereocenters. The van der Waals surface area contributed by atoms with Crippen LogP contribution in [0, 0.1) is 0 Å². The predicted octanol–water partition coefficient (Wildman–Crippen LogP) is 4.18. The Morgan fingerprint density at radius 1 is 1.36 bits per heavy atom. The van der Waals surface area contributed by atoms with Crippen molar-refractivity contribution in [2.75, 3.05) is 13.4 Å². The molecule has 0 saturated heterocycles. The van der Waals surface area contributed by atoms with Crippen molar-refractivity contribution in [3.8, 4) is 11.5 Å². The Labute approximate surface area is 152 Å².